The number of para-hydroxylation sites is 1. The van der Waals surface area contributed by atoms with Gasteiger partial charge in [-0.15, -0.1) is 10.2 Å². The first-order valence-corrected chi connectivity index (χ1v) is 10.4. The van der Waals surface area contributed by atoms with Crippen molar-refractivity contribution in [2.75, 3.05) is 7.11 Å². The fourth-order valence-corrected chi connectivity index (χ4v) is 4.70. The quantitative estimate of drug-likeness (QED) is 0.293. The second-order valence-electron chi connectivity index (χ2n) is 7.26. The van der Waals surface area contributed by atoms with Crippen molar-refractivity contribution in [1.29, 1.82) is 0 Å². The highest BCUT2D eigenvalue weighted by atomic mass is 32.2. The number of ketones is 1. The van der Waals surface area contributed by atoms with Crippen molar-refractivity contribution < 1.29 is 14.3 Å². The molecule has 3 aromatic heterocycles. The lowest BCUT2D eigenvalue weighted by atomic mass is 10.1. The number of nitrogens with one attached hydrogen (secondary N) is 1. The van der Waals surface area contributed by atoms with E-state index >= 15 is 0 Å². The summed E-state index contributed by atoms with van der Waals surface area (Å²) in [5.41, 5.74) is 4.92. The van der Waals surface area contributed by atoms with Crippen LogP contribution in [0, 0.1) is 20.8 Å². The third kappa shape index (κ3) is 3.17. The molecule has 3 heterocycles. The number of aromatic amines is 1. The van der Waals surface area contributed by atoms with Crippen LogP contribution in [0.4, 0.5) is 0 Å². The monoisotopic (exact) mass is 422 g/mol. The van der Waals surface area contributed by atoms with Crippen LogP contribution in [0.1, 0.15) is 44.6 Å². The van der Waals surface area contributed by atoms with Crippen LogP contribution >= 0.6 is 11.8 Å². The number of methoxy groups -OCH3 is 1. The molecule has 0 aliphatic carbocycles. The number of nitrogens with zero attached hydrogens (tertiary/aromatic N) is 3. The topological polar surface area (TPSA) is 89.4 Å². The van der Waals surface area contributed by atoms with Gasteiger partial charge < -0.3 is 9.72 Å². The third-order valence-corrected chi connectivity index (χ3v) is 6.34. The fraction of sp³-hybridized carbons (Fsp3) is 0.273. The molecule has 0 aliphatic heterocycles. The standard InChI is InChI=1S/C22H22N4O3S/c1-11-10-17-24-25-22(26(17)16-9-7-6-8-15(11)16)30-14(4)20(27)19-12(2)18(13(3)23-19)21(28)29-5/h6-10,14,23H,1-5H3. The second-order valence-corrected chi connectivity index (χ2v) is 8.57. The van der Waals surface area contributed by atoms with E-state index in [0.29, 0.717) is 27.7 Å². The Kier molecular flexibility index (Phi) is 5.11. The number of carbonyl (C=O) groups excluding carboxylic acids is 2. The molecule has 1 N–H and O–H groups in total. The van der Waals surface area contributed by atoms with E-state index in [0.717, 1.165) is 22.1 Å². The van der Waals surface area contributed by atoms with Gasteiger partial charge in [0, 0.05) is 11.1 Å². The molecule has 4 aromatic rings. The van der Waals surface area contributed by atoms with Crippen molar-refractivity contribution in [3.63, 3.8) is 0 Å². The molecule has 30 heavy (non-hydrogen) atoms. The number of H-pyrrole nitrogens is 1. The van der Waals surface area contributed by atoms with E-state index in [9.17, 15) is 9.59 Å². The molecule has 0 aliphatic rings. The molecular weight excluding hydrogens is 400 g/mol. The lowest BCUT2D eigenvalue weighted by Gasteiger charge is -2.11. The molecule has 0 bridgehead atoms. The Morgan fingerprint density at radius 1 is 1.17 bits per heavy atom. The molecule has 1 unspecified atom stereocenters. The first-order chi connectivity index (χ1) is 14.3. The molecule has 7 nitrogen and oxygen atoms in total. The van der Waals surface area contributed by atoms with Crippen LogP contribution in [0.15, 0.2) is 35.5 Å². The van der Waals surface area contributed by atoms with Crippen molar-refractivity contribution >= 4 is 40.1 Å². The number of aryl methyl sites for hydroxylation is 2. The number of pyridine rings is 1. The number of hydrogen-bond acceptors (Lipinski definition) is 6. The molecular formula is C22H22N4O3S. The highest BCUT2D eigenvalue weighted by molar-refractivity contribution is 8.00. The number of aromatic nitrogens is 4. The molecule has 1 atom stereocenters. The highest BCUT2D eigenvalue weighted by Crippen LogP contribution is 2.30. The zero-order chi connectivity index (χ0) is 21.6. The molecule has 0 fully saturated rings. The summed E-state index contributed by atoms with van der Waals surface area (Å²) in [6.07, 6.45) is 0. The van der Waals surface area contributed by atoms with Gasteiger partial charge in [0.15, 0.2) is 16.6 Å². The summed E-state index contributed by atoms with van der Waals surface area (Å²) in [4.78, 5) is 28.3. The zero-order valence-electron chi connectivity index (χ0n) is 17.4. The van der Waals surface area contributed by atoms with Crippen LogP contribution in [0.25, 0.3) is 16.6 Å². The van der Waals surface area contributed by atoms with Gasteiger partial charge in [-0.3, -0.25) is 9.20 Å². The Balaban J connectivity index is 1.71. The summed E-state index contributed by atoms with van der Waals surface area (Å²) in [5.74, 6) is -0.560. The predicted octanol–water partition coefficient (Wildman–Crippen LogP) is 4.29. The van der Waals surface area contributed by atoms with E-state index in [1.165, 1.54) is 18.9 Å². The molecule has 0 spiro atoms. The molecule has 0 amide bonds. The van der Waals surface area contributed by atoms with Crippen LogP contribution in [-0.2, 0) is 4.74 Å². The highest BCUT2D eigenvalue weighted by Gasteiger charge is 2.27. The molecule has 0 saturated carbocycles. The summed E-state index contributed by atoms with van der Waals surface area (Å²) in [5, 5.41) is 9.96. The van der Waals surface area contributed by atoms with Crippen molar-refractivity contribution in [3.8, 4) is 0 Å². The predicted molar refractivity (Wildman–Crippen MR) is 116 cm³/mol. The number of thioether (sulfide) groups is 1. The Bertz CT molecular complexity index is 1300. The number of carbonyl (C=O) groups is 2. The number of esters is 1. The van der Waals surface area contributed by atoms with Gasteiger partial charge in [-0.05, 0) is 51.0 Å². The van der Waals surface area contributed by atoms with Crippen molar-refractivity contribution in [2.24, 2.45) is 0 Å². The zero-order valence-corrected chi connectivity index (χ0v) is 18.3. The first-order valence-electron chi connectivity index (χ1n) is 9.55. The average molecular weight is 423 g/mol. The summed E-state index contributed by atoms with van der Waals surface area (Å²) >= 11 is 1.34. The SMILES string of the molecule is COC(=O)c1c(C)[nH]c(C(=O)C(C)Sc2nnc3cc(C)c4ccccc4n23)c1C. The van der Waals surface area contributed by atoms with E-state index < -0.39 is 11.2 Å². The molecule has 8 heteroatoms. The van der Waals surface area contributed by atoms with Crippen LogP contribution in [0.5, 0.6) is 0 Å². The van der Waals surface area contributed by atoms with E-state index in [4.69, 9.17) is 4.74 Å². The average Bonchev–Trinajstić information content (AvgIpc) is 3.27. The Hall–Kier alpha value is -3.13. The third-order valence-electron chi connectivity index (χ3n) is 5.30. The van der Waals surface area contributed by atoms with E-state index in [-0.39, 0.29) is 5.78 Å². The van der Waals surface area contributed by atoms with Gasteiger partial charge in [0.05, 0.1) is 29.1 Å². The molecule has 4 rings (SSSR count). The lowest BCUT2D eigenvalue weighted by molar-refractivity contribution is 0.0599. The van der Waals surface area contributed by atoms with E-state index in [2.05, 4.69) is 21.2 Å². The smallest absolute Gasteiger partial charge is 0.339 e. The number of fused-ring (bicyclic) bond motifs is 3. The van der Waals surface area contributed by atoms with Gasteiger partial charge in [-0.2, -0.15) is 0 Å². The molecule has 154 valence electrons. The number of Topliss-reactive ketones (excluding diaryl/α,β-unsaturated/α-hetero) is 1. The first kappa shape index (κ1) is 20.2. The largest absolute Gasteiger partial charge is 0.465 e. The number of hydrogen-bond donors (Lipinski definition) is 1. The minimum atomic E-state index is -0.453. The summed E-state index contributed by atoms with van der Waals surface area (Å²) in [7, 11) is 1.33. The van der Waals surface area contributed by atoms with Gasteiger partial charge >= 0.3 is 5.97 Å². The van der Waals surface area contributed by atoms with Crippen LogP contribution < -0.4 is 0 Å². The maximum absolute atomic E-state index is 13.2. The van der Waals surface area contributed by atoms with Crippen LogP contribution in [0.3, 0.4) is 0 Å². The Morgan fingerprint density at radius 3 is 2.63 bits per heavy atom. The van der Waals surface area contributed by atoms with Gasteiger partial charge in [0.1, 0.15) is 0 Å². The van der Waals surface area contributed by atoms with Crippen LogP contribution in [0.2, 0.25) is 0 Å². The number of benzene rings is 1. The lowest BCUT2D eigenvalue weighted by Crippen LogP contribution is -2.16. The van der Waals surface area contributed by atoms with Crippen molar-refractivity contribution in [3.05, 3.63) is 58.4 Å². The summed E-state index contributed by atoms with van der Waals surface area (Å²) in [6.45, 7) is 7.39. The summed E-state index contributed by atoms with van der Waals surface area (Å²) < 4.78 is 6.81. The van der Waals surface area contributed by atoms with E-state index in [1.807, 2.05) is 42.5 Å². The minimum Gasteiger partial charge on any atom is -0.465 e. The fourth-order valence-electron chi connectivity index (χ4n) is 3.77. The summed E-state index contributed by atoms with van der Waals surface area (Å²) in [6, 6.07) is 10.1. The van der Waals surface area contributed by atoms with Gasteiger partial charge in [-0.1, -0.05) is 30.0 Å². The molecule has 0 saturated heterocycles. The maximum Gasteiger partial charge on any atom is 0.339 e. The Morgan fingerprint density at radius 2 is 1.90 bits per heavy atom. The maximum atomic E-state index is 13.2. The number of rotatable bonds is 5. The van der Waals surface area contributed by atoms with Crippen molar-refractivity contribution in [2.45, 2.75) is 38.1 Å². The molecule has 1 aromatic carbocycles. The van der Waals surface area contributed by atoms with Crippen molar-refractivity contribution in [1.82, 2.24) is 19.6 Å². The number of ether oxygens (including phenoxy) is 1. The Labute approximate surface area is 177 Å². The van der Waals surface area contributed by atoms with Gasteiger partial charge in [0.2, 0.25) is 0 Å². The molecule has 0 radical (unpaired) electrons. The van der Waals surface area contributed by atoms with Crippen LogP contribution in [-0.4, -0.2) is 43.7 Å². The van der Waals surface area contributed by atoms with Gasteiger partial charge in [0.25, 0.3) is 0 Å². The normalized spacial score (nSPS) is 12.4. The van der Waals surface area contributed by atoms with E-state index in [1.54, 1.807) is 13.8 Å². The van der Waals surface area contributed by atoms with Gasteiger partial charge in [-0.25, -0.2) is 4.79 Å². The minimum absolute atomic E-state index is 0.107. The second kappa shape index (κ2) is 7.60.